The molecule has 1 atom stereocenters. The van der Waals surface area contributed by atoms with Crippen molar-refractivity contribution in [1.82, 2.24) is 9.62 Å². The average Bonchev–Trinajstić information content (AvgIpc) is 3.00. The van der Waals surface area contributed by atoms with Gasteiger partial charge >= 0.3 is 0 Å². The fourth-order valence-electron chi connectivity index (χ4n) is 3.57. The van der Waals surface area contributed by atoms with Crippen molar-refractivity contribution in [3.05, 3.63) is 59.7 Å². The van der Waals surface area contributed by atoms with Crippen molar-refractivity contribution in [2.45, 2.75) is 30.3 Å². The minimum Gasteiger partial charge on any atom is -0.495 e. The van der Waals surface area contributed by atoms with Crippen LogP contribution in [0.2, 0.25) is 0 Å². The van der Waals surface area contributed by atoms with Crippen molar-refractivity contribution in [2.75, 3.05) is 25.7 Å². The zero-order valence-corrected chi connectivity index (χ0v) is 19.3. The van der Waals surface area contributed by atoms with E-state index in [0.717, 1.165) is 5.56 Å². The highest BCUT2D eigenvalue weighted by molar-refractivity contribution is 7.91. The van der Waals surface area contributed by atoms with E-state index < -0.39 is 31.3 Å². The summed E-state index contributed by atoms with van der Waals surface area (Å²) in [5.41, 5.74) is 0.0359. The lowest BCUT2D eigenvalue weighted by Gasteiger charge is -2.24. The summed E-state index contributed by atoms with van der Waals surface area (Å²) in [5.74, 6) is -0.557. The zero-order chi connectivity index (χ0) is 22.9. The van der Waals surface area contributed by atoms with Gasteiger partial charge in [0.05, 0.1) is 24.2 Å². The van der Waals surface area contributed by atoms with Crippen molar-refractivity contribution >= 4 is 25.8 Å². The van der Waals surface area contributed by atoms with Crippen LogP contribution in [0.5, 0.6) is 5.75 Å². The van der Waals surface area contributed by atoms with Crippen molar-refractivity contribution in [2.24, 2.45) is 0 Å². The van der Waals surface area contributed by atoms with E-state index >= 15 is 0 Å². The van der Waals surface area contributed by atoms with E-state index in [9.17, 15) is 21.6 Å². The molecule has 1 amide bonds. The van der Waals surface area contributed by atoms with Crippen LogP contribution >= 0.6 is 0 Å². The van der Waals surface area contributed by atoms with Crippen LogP contribution in [0, 0.1) is 0 Å². The number of carbonyl (C=O) groups is 1. The maximum absolute atomic E-state index is 13.2. The second-order valence-corrected chi connectivity index (χ2v) is 12.2. The fourth-order valence-corrected chi connectivity index (χ4v) is 7.00. The van der Waals surface area contributed by atoms with Gasteiger partial charge in [0.25, 0.3) is 5.91 Å². The number of nitrogens with one attached hydrogen (secondary N) is 1. The van der Waals surface area contributed by atoms with Gasteiger partial charge in [0.2, 0.25) is 10.0 Å². The summed E-state index contributed by atoms with van der Waals surface area (Å²) in [4.78, 5) is 12.7. The smallest absolute Gasteiger partial charge is 0.251 e. The molecule has 1 N–H and O–H groups in total. The number of methoxy groups -OCH3 is 1. The number of rotatable bonds is 7. The number of ether oxygens (including phenoxy) is 1. The highest BCUT2D eigenvalue weighted by atomic mass is 32.2. The largest absolute Gasteiger partial charge is 0.495 e. The van der Waals surface area contributed by atoms with E-state index in [0.29, 0.717) is 6.42 Å². The summed E-state index contributed by atoms with van der Waals surface area (Å²) in [6, 6.07) is 13.3. The van der Waals surface area contributed by atoms with E-state index in [1.54, 1.807) is 6.92 Å². The van der Waals surface area contributed by atoms with Gasteiger partial charge in [-0.25, -0.2) is 16.8 Å². The fraction of sp³-hybridized carbons (Fsp3) is 0.381. The number of sulfonamides is 1. The number of benzene rings is 2. The van der Waals surface area contributed by atoms with Gasteiger partial charge in [-0.1, -0.05) is 30.3 Å². The normalized spacial score (nSPS) is 20.5. The molecule has 0 spiro atoms. The Morgan fingerprint density at radius 1 is 1.19 bits per heavy atom. The van der Waals surface area contributed by atoms with Gasteiger partial charge in [-0.15, -0.1) is 0 Å². The SMILES string of the molecule is COc1ccc(C(=O)N[C@@]2(C)CCS(=O)(=O)C2)cc1S(=O)(=O)N(C)Cc1ccccc1. The second kappa shape index (κ2) is 8.60. The summed E-state index contributed by atoms with van der Waals surface area (Å²) in [6.45, 7) is 1.82. The maximum atomic E-state index is 13.2. The molecule has 10 heteroatoms. The van der Waals surface area contributed by atoms with Crippen molar-refractivity contribution in [3.63, 3.8) is 0 Å². The summed E-state index contributed by atoms with van der Waals surface area (Å²) in [5, 5.41) is 2.75. The van der Waals surface area contributed by atoms with Crippen LogP contribution < -0.4 is 10.1 Å². The maximum Gasteiger partial charge on any atom is 0.251 e. The Hall–Kier alpha value is -2.43. The molecule has 0 aliphatic carbocycles. The first-order chi connectivity index (χ1) is 14.5. The molecule has 0 aromatic heterocycles. The average molecular weight is 467 g/mol. The molecular weight excluding hydrogens is 440 g/mol. The first-order valence-electron chi connectivity index (χ1n) is 9.67. The van der Waals surface area contributed by atoms with Gasteiger partial charge in [-0.2, -0.15) is 4.31 Å². The molecule has 0 unspecified atom stereocenters. The quantitative estimate of drug-likeness (QED) is 0.667. The Labute approximate surface area is 183 Å². The first-order valence-corrected chi connectivity index (χ1v) is 12.9. The Morgan fingerprint density at radius 3 is 2.45 bits per heavy atom. The first kappa shape index (κ1) is 23.2. The molecule has 0 bridgehead atoms. The number of amides is 1. The Balaban J connectivity index is 1.88. The minimum absolute atomic E-state index is 0.0102. The molecule has 31 heavy (non-hydrogen) atoms. The second-order valence-electron chi connectivity index (χ2n) is 7.97. The number of hydrogen-bond acceptors (Lipinski definition) is 6. The van der Waals surface area contributed by atoms with Crippen LogP contribution in [-0.2, 0) is 26.4 Å². The van der Waals surface area contributed by atoms with Crippen molar-refractivity contribution < 1.29 is 26.4 Å². The Morgan fingerprint density at radius 2 is 1.87 bits per heavy atom. The highest BCUT2D eigenvalue weighted by Gasteiger charge is 2.39. The lowest BCUT2D eigenvalue weighted by molar-refractivity contribution is 0.0915. The molecule has 0 radical (unpaired) electrons. The molecular formula is C21H26N2O6S2. The Kier molecular flexibility index (Phi) is 6.45. The van der Waals surface area contributed by atoms with Crippen LogP contribution in [0.4, 0.5) is 0 Å². The van der Waals surface area contributed by atoms with Crippen LogP contribution in [-0.4, -0.2) is 58.3 Å². The summed E-state index contributed by atoms with van der Waals surface area (Å²) < 4.78 is 56.5. The molecule has 1 aliphatic heterocycles. The molecule has 8 nitrogen and oxygen atoms in total. The van der Waals surface area contributed by atoms with E-state index in [-0.39, 0.29) is 34.3 Å². The summed E-state index contributed by atoms with van der Waals surface area (Å²) in [7, 11) is -4.35. The monoisotopic (exact) mass is 466 g/mol. The van der Waals surface area contributed by atoms with Gasteiger partial charge in [0.15, 0.2) is 9.84 Å². The Bertz CT molecular complexity index is 1180. The van der Waals surface area contributed by atoms with Crippen LogP contribution in [0.3, 0.4) is 0 Å². The molecule has 2 aromatic carbocycles. The van der Waals surface area contributed by atoms with E-state index in [4.69, 9.17) is 4.74 Å². The highest BCUT2D eigenvalue weighted by Crippen LogP contribution is 2.29. The van der Waals surface area contributed by atoms with E-state index in [1.807, 2.05) is 30.3 Å². The molecule has 1 fully saturated rings. The predicted molar refractivity (Wildman–Crippen MR) is 117 cm³/mol. The lowest BCUT2D eigenvalue weighted by Crippen LogP contribution is -2.47. The molecule has 0 saturated carbocycles. The van der Waals surface area contributed by atoms with Gasteiger partial charge in [-0.3, -0.25) is 4.79 Å². The van der Waals surface area contributed by atoms with Crippen molar-refractivity contribution in [1.29, 1.82) is 0 Å². The summed E-state index contributed by atoms with van der Waals surface area (Å²) in [6.07, 6.45) is 0.308. The number of hydrogen-bond donors (Lipinski definition) is 1. The number of sulfone groups is 1. The van der Waals surface area contributed by atoms with Gasteiger partial charge in [0, 0.05) is 19.2 Å². The summed E-state index contributed by atoms with van der Waals surface area (Å²) >= 11 is 0. The van der Waals surface area contributed by atoms with Crippen LogP contribution in [0.15, 0.2) is 53.4 Å². The third-order valence-corrected chi connectivity index (χ3v) is 9.01. The molecule has 2 aromatic rings. The van der Waals surface area contributed by atoms with Gasteiger partial charge < -0.3 is 10.1 Å². The molecule has 1 aliphatic rings. The van der Waals surface area contributed by atoms with E-state index in [2.05, 4.69) is 5.32 Å². The third-order valence-electron chi connectivity index (χ3n) is 5.28. The molecule has 1 heterocycles. The molecule has 168 valence electrons. The lowest BCUT2D eigenvalue weighted by atomic mass is 10.0. The predicted octanol–water partition coefficient (Wildman–Crippen LogP) is 1.82. The van der Waals surface area contributed by atoms with E-state index in [1.165, 1.54) is 36.7 Å². The molecule has 3 rings (SSSR count). The molecule has 1 saturated heterocycles. The topological polar surface area (TPSA) is 110 Å². The van der Waals surface area contributed by atoms with Gasteiger partial charge in [-0.05, 0) is 37.1 Å². The number of nitrogens with zero attached hydrogens (tertiary/aromatic N) is 1. The van der Waals surface area contributed by atoms with Crippen molar-refractivity contribution in [3.8, 4) is 5.75 Å². The van der Waals surface area contributed by atoms with Gasteiger partial charge in [0.1, 0.15) is 10.6 Å². The van der Waals surface area contributed by atoms with Crippen LogP contribution in [0.1, 0.15) is 29.3 Å². The van der Waals surface area contributed by atoms with Crippen LogP contribution in [0.25, 0.3) is 0 Å². The third kappa shape index (κ3) is 5.25. The number of carbonyl (C=O) groups excluding carboxylic acids is 1. The zero-order valence-electron chi connectivity index (χ0n) is 17.7. The minimum atomic E-state index is -3.96. The standard InChI is InChI=1S/C21H26N2O6S2/c1-21(11-12-30(25,26)15-21)22-20(24)17-9-10-18(29-3)19(13-17)31(27,28)23(2)14-16-7-5-4-6-8-16/h4-10,13H,11-12,14-15H2,1-3H3,(H,22,24)/t21-/m0/s1.